The van der Waals surface area contributed by atoms with Crippen LogP contribution >= 0.6 is 22.6 Å². The van der Waals surface area contributed by atoms with Crippen LogP contribution in [0.2, 0.25) is 0 Å². The third kappa shape index (κ3) is 4.82. The maximum absolute atomic E-state index is 12.0. The van der Waals surface area contributed by atoms with Crippen molar-refractivity contribution in [1.29, 1.82) is 0 Å². The van der Waals surface area contributed by atoms with Crippen LogP contribution in [0.3, 0.4) is 0 Å². The molecule has 0 saturated carbocycles. The zero-order valence-electron chi connectivity index (χ0n) is 14.0. The molecule has 1 fully saturated rings. The molecule has 3 atom stereocenters. The molecule has 134 valence electrons. The number of aryl methyl sites for hydroxylation is 1. The summed E-state index contributed by atoms with van der Waals surface area (Å²) in [5.41, 5.74) is -1.13. The van der Waals surface area contributed by atoms with Gasteiger partial charge < -0.3 is 14.2 Å². The Morgan fingerprint density at radius 3 is 2.75 bits per heavy atom. The number of H-pyrrole nitrogens is 1. The number of nitrogens with zero attached hydrogens (tertiary/aromatic N) is 1. The van der Waals surface area contributed by atoms with Crippen molar-refractivity contribution in [3.05, 3.63) is 32.6 Å². The van der Waals surface area contributed by atoms with E-state index < -0.39 is 29.2 Å². The highest BCUT2D eigenvalue weighted by atomic mass is 127. The summed E-state index contributed by atoms with van der Waals surface area (Å²) >= 11 is 2.18. The third-order valence-electron chi connectivity index (χ3n) is 3.33. The lowest BCUT2D eigenvalue weighted by atomic mass is 10.2. The maximum Gasteiger partial charge on any atom is 0.508 e. The number of halogens is 1. The minimum atomic E-state index is -0.753. The predicted molar refractivity (Wildman–Crippen MR) is 94.6 cm³/mol. The van der Waals surface area contributed by atoms with Gasteiger partial charge in [-0.1, -0.05) is 22.6 Å². The molecule has 1 aliphatic rings. The zero-order chi connectivity index (χ0) is 18.1. The summed E-state index contributed by atoms with van der Waals surface area (Å²) in [5.74, 6) is 0. The van der Waals surface area contributed by atoms with Gasteiger partial charge in [-0.25, -0.2) is 9.59 Å². The Labute approximate surface area is 152 Å². The molecule has 0 spiro atoms. The van der Waals surface area contributed by atoms with E-state index in [2.05, 4.69) is 27.6 Å². The van der Waals surface area contributed by atoms with Crippen molar-refractivity contribution in [1.82, 2.24) is 9.55 Å². The lowest BCUT2D eigenvalue weighted by molar-refractivity contribution is -0.0536. The minimum Gasteiger partial charge on any atom is -0.432 e. The van der Waals surface area contributed by atoms with Crippen LogP contribution in [0.4, 0.5) is 4.79 Å². The molecule has 9 heteroatoms. The van der Waals surface area contributed by atoms with Crippen molar-refractivity contribution >= 4 is 28.7 Å². The Morgan fingerprint density at radius 1 is 1.46 bits per heavy atom. The van der Waals surface area contributed by atoms with Crippen LogP contribution in [0, 0.1) is 6.92 Å². The number of nitrogens with one attached hydrogen (secondary N) is 1. The lowest BCUT2D eigenvalue weighted by Gasteiger charge is -2.20. The standard InChI is InChI=1S/C15H21IN2O6/c1-8-6-18(13(20)17-11(8)19)12-10(16)5-9(23-12)7-22-14(21)24-15(2,3)4/h6,9-10,12H,5,7H2,1-4H3,(H,17,19,20)/t9-,10+,12+/m0/s1. The normalized spacial score (nSPS) is 24.0. The van der Waals surface area contributed by atoms with Crippen LogP contribution < -0.4 is 11.2 Å². The summed E-state index contributed by atoms with van der Waals surface area (Å²) in [5, 5.41) is 0. The predicted octanol–water partition coefficient (Wildman–Crippen LogP) is 1.89. The summed E-state index contributed by atoms with van der Waals surface area (Å²) in [7, 11) is 0. The fourth-order valence-electron chi connectivity index (χ4n) is 2.27. The summed E-state index contributed by atoms with van der Waals surface area (Å²) in [6, 6.07) is 0. The number of hydrogen-bond acceptors (Lipinski definition) is 6. The molecule has 0 aliphatic carbocycles. The molecule has 1 aliphatic heterocycles. The second kappa shape index (κ2) is 7.26. The number of rotatable bonds is 3. The summed E-state index contributed by atoms with van der Waals surface area (Å²) in [6.07, 6.45) is 0.466. The first-order chi connectivity index (χ1) is 11.1. The fraction of sp³-hybridized carbons (Fsp3) is 0.667. The van der Waals surface area contributed by atoms with Gasteiger partial charge in [0.05, 0.1) is 10.0 Å². The summed E-state index contributed by atoms with van der Waals surface area (Å²) in [4.78, 5) is 37.3. The molecule has 1 N–H and O–H groups in total. The van der Waals surface area contributed by atoms with Crippen molar-refractivity contribution in [2.24, 2.45) is 0 Å². The Hall–Kier alpha value is -1.36. The first kappa shape index (κ1) is 19.0. The average Bonchev–Trinajstić information content (AvgIpc) is 2.80. The minimum absolute atomic E-state index is 0.00200. The molecule has 0 bridgehead atoms. The van der Waals surface area contributed by atoms with Gasteiger partial charge in [0, 0.05) is 11.8 Å². The Bertz CT molecular complexity index is 720. The summed E-state index contributed by atoms with van der Waals surface area (Å²) in [6.45, 7) is 6.92. The molecule has 1 saturated heterocycles. The monoisotopic (exact) mass is 452 g/mol. The van der Waals surface area contributed by atoms with E-state index in [1.807, 2.05) is 0 Å². The molecule has 8 nitrogen and oxygen atoms in total. The molecule has 0 unspecified atom stereocenters. The van der Waals surface area contributed by atoms with Crippen LogP contribution in [0.1, 0.15) is 39.0 Å². The van der Waals surface area contributed by atoms with Gasteiger partial charge in [0.15, 0.2) is 6.23 Å². The largest absolute Gasteiger partial charge is 0.508 e. The van der Waals surface area contributed by atoms with Gasteiger partial charge in [-0.05, 0) is 34.1 Å². The number of carbonyl (C=O) groups excluding carboxylic acids is 1. The first-order valence-corrected chi connectivity index (χ1v) is 8.79. The number of hydrogen-bond donors (Lipinski definition) is 1. The van der Waals surface area contributed by atoms with Crippen LogP contribution in [0.5, 0.6) is 0 Å². The van der Waals surface area contributed by atoms with E-state index in [1.54, 1.807) is 27.7 Å². The fourth-order valence-corrected chi connectivity index (χ4v) is 3.35. The van der Waals surface area contributed by atoms with Gasteiger partial charge in [-0.3, -0.25) is 14.3 Å². The molecule has 1 aromatic rings. The summed E-state index contributed by atoms with van der Waals surface area (Å²) < 4.78 is 17.3. The molecule has 24 heavy (non-hydrogen) atoms. The van der Waals surface area contributed by atoms with E-state index in [4.69, 9.17) is 14.2 Å². The average molecular weight is 452 g/mol. The number of aromatic nitrogens is 2. The Morgan fingerprint density at radius 2 is 2.12 bits per heavy atom. The van der Waals surface area contributed by atoms with E-state index >= 15 is 0 Å². The highest BCUT2D eigenvalue weighted by Crippen LogP contribution is 2.33. The zero-order valence-corrected chi connectivity index (χ0v) is 16.2. The molecular formula is C15H21IN2O6. The second-order valence-corrected chi connectivity index (χ2v) is 8.25. The Kier molecular flexibility index (Phi) is 5.74. The van der Waals surface area contributed by atoms with E-state index in [9.17, 15) is 14.4 Å². The highest BCUT2D eigenvalue weighted by molar-refractivity contribution is 14.1. The number of carbonyl (C=O) groups is 1. The van der Waals surface area contributed by atoms with E-state index in [-0.39, 0.29) is 16.6 Å². The molecule has 1 aromatic heterocycles. The van der Waals surface area contributed by atoms with Gasteiger partial charge in [0.1, 0.15) is 12.2 Å². The molecule has 0 amide bonds. The van der Waals surface area contributed by atoms with Crippen LogP contribution in [-0.4, -0.2) is 37.9 Å². The number of ether oxygens (including phenoxy) is 3. The van der Waals surface area contributed by atoms with Gasteiger partial charge in [-0.15, -0.1) is 0 Å². The quantitative estimate of drug-likeness (QED) is 0.427. The highest BCUT2D eigenvalue weighted by Gasteiger charge is 2.36. The van der Waals surface area contributed by atoms with Gasteiger partial charge in [-0.2, -0.15) is 0 Å². The smallest absolute Gasteiger partial charge is 0.432 e. The van der Waals surface area contributed by atoms with Crippen molar-refractivity contribution in [2.75, 3.05) is 6.61 Å². The van der Waals surface area contributed by atoms with Crippen molar-refractivity contribution in [3.8, 4) is 0 Å². The van der Waals surface area contributed by atoms with Gasteiger partial charge >= 0.3 is 11.8 Å². The van der Waals surface area contributed by atoms with Crippen LogP contribution in [0.25, 0.3) is 0 Å². The third-order valence-corrected chi connectivity index (χ3v) is 4.45. The van der Waals surface area contributed by atoms with E-state index in [0.29, 0.717) is 12.0 Å². The molecular weight excluding hydrogens is 431 g/mol. The molecule has 2 rings (SSSR count). The van der Waals surface area contributed by atoms with E-state index in [0.717, 1.165) is 0 Å². The van der Waals surface area contributed by atoms with Crippen molar-refractivity contribution in [2.45, 2.75) is 56.0 Å². The lowest BCUT2D eigenvalue weighted by Crippen LogP contribution is -2.35. The topological polar surface area (TPSA) is 99.6 Å². The maximum atomic E-state index is 12.0. The van der Waals surface area contributed by atoms with Crippen LogP contribution in [-0.2, 0) is 14.2 Å². The second-order valence-electron chi connectivity index (χ2n) is 6.65. The molecule has 0 radical (unpaired) electrons. The van der Waals surface area contributed by atoms with Gasteiger partial charge in [0.25, 0.3) is 5.56 Å². The van der Waals surface area contributed by atoms with Gasteiger partial charge in [0.2, 0.25) is 0 Å². The van der Waals surface area contributed by atoms with Crippen molar-refractivity contribution in [3.63, 3.8) is 0 Å². The number of alkyl halides is 1. The van der Waals surface area contributed by atoms with Crippen LogP contribution in [0.15, 0.2) is 15.8 Å². The number of aromatic amines is 1. The first-order valence-electron chi connectivity index (χ1n) is 7.54. The molecule has 2 heterocycles. The SMILES string of the molecule is Cc1cn([C@@H]2O[C@H](COC(=O)OC(C)(C)C)C[C@H]2I)c(=O)[nH]c1=O. The Balaban J connectivity index is 2.00. The van der Waals surface area contributed by atoms with E-state index in [1.165, 1.54) is 10.8 Å². The van der Waals surface area contributed by atoms with Crippen molar-refractivity contribution < 1.29 is 19.0 Å². The molecule has 0 aromatic carbocycles.